The summed E-state index contributed by atoms with van der Waals surface area (Å²) >= 11 is 0. The highest BCUT2D eigenvalue weighted by molar-refractivity contribution is 6.65. The molecule has 29 heavy (non-hydrogen) atoms. The molecule has 0 spiro atoms. The van der Waals surface area contributed by atoms with Crippen molar-refractivity contribution < 1.29 is 31.6 Å². The number of ether oxygens (including phenoxy) is 2. The minimum Gasteiger partial charge on any atom is -0.398 e. The van der Waals surface area contributed by atoms with Crippen LogP contribution >= 0.6 is 0 Å². The lowest BCUT2D eigenvalue weighted by Gasteiger charge is -2.24. The topological polar surface area (TPSA) is 64.6 Å². The molecule has 0 aliphatic heterocycles. The SMILES string of the molecule is C=C(C)COCCC[Si](C)(OC)OC.C=C(C)COCCC[Si](OC)(OC)OC. The van der Waals surface area contributed by atoms with Crippen LogP contribution in [0.3, 0.4) is 0 Å². The van der Waals surface area contributed by atoms with Crippen LogP contribution in [0.4, 0.5) is 0 Å². The van der Waals surface area contributed by atoms with Crippen molar-refractivity contribution in [3.8, 4) is 0 Å². The second-order valence-electron chi connectivity index (χ2n) is 7.06. The van der Waals surface area contributed by atoms with Gasteiger partial charge in [-0.1, -0.05) is 24.3 Å². The smallest absolute Gasteiger partial charge is 0.398 e. The van der Waals surface area contributed by atoms with E-state index in [4.69, 9.17) is 31.6 Å². The molecule has 7 nitrogen and oxygen atoms in total. The standard InChI is InChI=1S/C10H22O4Si.C10H22O3Si/c1-10(2)9-14-7-6-8-15(11-3,12-4)13-5;1-10(2)9-13-7-6-8-14(5,11-3)12-4/h1,6-9H2,2-5H3;1,6-9H2,2-5H3. The first kappa shape index (κ1) is 30.8. The highest BCUT2D eigenvalue weighted by Gasteiger charge is 2.36. The summed E-state index contributed by atoms with van der Waals surface area (Å²) < 4.78 is 37.3. The van der Waals surface area contributed by atoms with E-state index in [-0.39, 0.29) is 0 Å². The fourth-order valence-corrected chi connectivity index (χ4v) is 5.27. The van der Waals surface area contributed by atoms with E-state index in [2.05, 4.69) is 19.7 Å². The highest BCUT2D eigenvalue weighted by atomic mass is 28.4. The Bertz CT molecular complexity index is 417. The first-order valence-corrected chi connectivity index (χ1v) is 14.3. The predicted molar refractivity (Wildman–Crippen MR) is 123 cm³/mol. The van der Waals surface area contributed by atoms with Crippen molar-refractivity contribution in [2.45, 2.75) is 45.3 Å². The van der Waals surface area contributed by atoms with Crippen LogP contribution in [0.2, 0.25) is 18.6 Å². The van der Waals surface area contributed by atoms with E-state index >= 15 is 0 Å². The Morgan fingerprint density at radius 1 is 0.655 bits per heavy atom. The maximum Gasteiger partial charge on any atom is 0.500 e. The lowest BCUT2D eigenvalue weighted by Crippen LogP contribution is -2.42. The number of rotatable bonds is 17. The second kappa shape index (κ2) is 18.4. The molecule has 0 fully saturated rings. The zero-order valence-corrected chi connectivity index (χ0v) is 21.9. The van der Waals surface area contributed by atoms with Gasteiger partial charge in [0.2, 0.25) is 0 Å². The average Bonchev–Trinajstić information content (AvgIpc) is 2.71. The van der Waals surface area contributed by atoms with Gasteiger partial charge in [0.15, 0.2) is 0 Å². The summed E-state index contributed by atoms with van der Waals surface area (Å²) in [5.74, 6) is 0. The average molecular weight is 453 g/mol. The molecule has 0 rings (SSSR count). The van der Waals surface area contributed by atoms with E-state index in [1.54, 1.807) is 35.5 Å². The Kier molecular flexibility index (Phi) is 19.6. The molecule has 0 radical (unpaired) electrons. The van der Waals surface area contributed by atoms with Crippen LogP contribution in [0.1, 0.15) is 26.7 Å². The number of hydrogen-bond donors (Lipinski definition) is 0. The third-order valence-electron chi connectivity index (χ3n) is 4.18. The Morgan fingerprint density at radius 2 is 1.03 bits per heavy atom. The molecular weight excluding hydrogens is 408 g/mol. The molecule has 174 valence electrons. The van der Waals surface area contributed by atoms with Crippen LogP contribution in [0.25, 0.3) is 0 Å². The van der Waals surface area contributed by atoms with Crippen molar-refractivity contribution in [3.63, 3.8) is 0 Å². The molecule has 0 saturated carbocycles. The Morgan fingerprint density at radius 3 is 1.34 bits per heavy atom. The van der Waals surface area contributed by atoms with Crippen molar-refractivity contribution in [1.82, 2.24) is 0 Å². The quantitative estimate of drug-likeness (QED) is 0.186. The predicted octanol–water partition coefficient (Wildman–Crippen LogP) is 4.18. The number of hydrogen-bond acceptors (Lipinski definition) is 7. The first-order valence-electron chi connectivity index (χ1n) is 9.84. The molecular formula is C20H44O7Si2. The summed E-state index contributed by atoms with van der Waals surface area (Å²) in [6.45, 7) is 16.2. The van der Waals surface area contributed by atoms with Gasteiger partial charge in [-0.05, 0) is 39.3 Å². The third kappa shape index (κ3) is 17.1. The van der Waals surface area contributed by atoms with Gasteiger partial charge >= 0.3 is 17.4 Å². The van der Waals surface area contributed by atoms with E-state index in [9.17, 15) is 0 Å². The zero-order chi connectivity index (χ0) is 22.8. The molecule has 0 N–H and O–H groups in total. The van der Waals surface area contributed by atoms with Gasteiger partial charge in [-0.3, -0.25) is 0 Å². The van der Waals surface area contributed by atoms with Crippen molar-refractivity contribution >= 4 is 17.4 Å². The van der Waals surface area contributed by atoms with Gasteiger partial charge in [0, 0.05) is 54.8 Å². The Hall–Kier alpha value is -0.366. The maximum absolute atomic E-state index is 5.39. The van der Waals surface area contributed by atoms with Gasteiger partial charge in [0.1, 0.15) is 0 Å². The van der Waals surface area contributed by atoms with E-state index < -0.39 is 17.4 Å². The van der Waals surface area contributed by atoms with Crippen LogP contribution < -0.4 is 0 Å². The molecule has 0 saturated heterocycles. The Labute approximate surface area is 180 Å². The fraction of sp³-hybridized carbons (Fsp3) is 0.800. The first-order chi connectivity index (χ1) is 13.6. The second-order valence-corrected chi connectivity index (χ2v) is 13.7. The molecule has 0 unspecified atom stereocenters. The molecule has 0 aliphatic carbocycles. The molecule has 0 aromatic carbocycles. The minimum absolute atomic E-state index is 0.613. The van der Waals surface area contributed by atoms with Crippen LogP contribution in [-0.4, -0.2) is 79.3 Å². The zero-order valence-electron chi connectivity index (χ0n) is 19.9. The van der Waals surface area contributed by atoms with Crippen LogP contribution in [0, 0.1) is 0 Å². The molecule has 0 atom stereocenters. The van der Waals surface area contributed by atoms with Crippen LogP contribution in [0.5, 0.6) is 0 Å². The van der Waals surface area contributed by atoms with Gasteiger partial charge in [-0.2, -0.15) is 0 Å². The summed E-state index contributed by atoms with van der Waals surface area (Å²) in [4.78, 5) is 0. The van der Waals surface area contributed by atoms with Gasteiger partial charge < -0.3 is 31.6 Å². The molecule has 0 aliphatic rings. The summed E-state index contributed by atoms with van der Waals surface area (Å²) in [5.41, 5.74) is 2.09. The van der Waals surface area contributed by atoms with E-state index in [1.807, 2.05) is 13.8 Å². The molecule has 0 heterocycles. The molecule has 0 aromatic heterocycles. The third-order valence-corrected chi connectivity index (χ3v) is 10.0. The van der Waals surface area contributed by atoms with Gasteiger partial charge in [0.25, 0.3) is 0 Å². The summed E-state index contributed by atoms with van der Waals surface area (Å²) in [5, 5.41) is 0. The van der Waals surface area contributed by atoms with E-state index in [1.165, 1.54) is 0 Å². The summed E-state index contributed by atoms with van der Waals surface area (Å²) in [7, 11) is 4.01. The monoisotopic (exact) mass is 452 g/mol. The van der Waals surface area contributed by atoms with E-state index in [0.717, 1.165) is 42.7 Å². The lowest BCUT2D eigenvalue weighted by atomic mass is 10.4. The van der Waals surface area contributed by atoms with E-state index in [0.29, 0.717) is 19.8 Å². The largest absolute Gasteiger partial charge is 0.500 e. The summed E-state index contributed by atoms with van der Waals surface area (Å²) in [6.07, 6.45) is 1.85. The Balaban J connectivity index is 0. The van der Waals surface area contributed by atoms with Crippen molar-refractivity contribution in [3.05, 3.63) is 24.3 Å². The highest BCUT2D eigenvalue weighted by Crippen LogP contribution is 2.15. The summed E-state index contributed by atoms with van der Waals surface area (Å²) in [6, 6.07) is 1.74. The normalized spacial score (nSPS) is 11.7. The van der Waals surface area contributed by atoms with Crippen molar-refractivity contribution in [2.75, 3.05) is 62.0 Å². The minimum atomic E-state index is -2.40. The molecule has 0 aromatic rings. The molecule has 0 bridgehead atoms. The molecule has 0 amide bonds. The van der Waals surface area contributed by atoms with Gasteiger partial charge in [-0.15, -0.1) is 0 Å². The van der Waals surface area contributed by atoms with Crippen molar-refractivity contribution in [1.29, 1.82) is 0 Å². The fourth-order valence-electron chi connectivity index (χ4n) is 2.22. The van der Waals surface area contributed by atoms with Crippen LogP contribution in [0.15, 0.2) is 24.3 Å². The maximum atomic E-state index is 5.39. The lowest BCUT2D eigenvalue weighted by molar-refractivity contribution is 0.113. The molecule has 9 heteroatoms. The van der Waals surface area contributed by atoms with Crippen LogP contribution in [-0.2, 0) is 31.6 Å². The van der Waals surface area contributed by atoms with Gasteiger partial charge in [-0.25, -0.2) is 0 Å². The van der Waals surface area contributed by atoms with Crippen molar-refractivity contribution in [2.24, 2.45) is 0 Å². The van der Waals surface area contributed by atoms with Gasteiger partial charge in [0.05, 0.1) is 13.2 Å².